The molecule has 0 saturated heterocycles. The highest BCUT2D eigenvalue weighted by molar-refractivity contribution is 7.92. The average molecular weight is 426 g/mol. The number of nitrogens with one attached hydrogen (secondary N) is 2. The van der Waals surface area contributed by atoms with E-state index in [0.717, 1.165) is 5.56 Å². The highest BCUT2D eigenvalue weighted by Crippen LogP contribution is 2.29. The number of carbonyl (C=O) groups excluding carboxylic acids is 1. The Morgan fingerprint density at radius 3 is 2.10 bits per heavy atom. The van der Waals surface area contributed by atoms with E-state index in [4.69, 9.17) is 9.47 Å². The van der Waals surface area contributed by atoms with Crippen molar-refractivity contribution in [1.82, 2.24) is 0 Å². The zero-order chi connectivity index (χ0) is 21.7. The second-order valence-corrected chi connectivity index (χ2v) is 8.18. The van der Waals surface area contributed by atoms with E-state index in [9.17, 15) is 13.2 Å². The molecule has 0 aromatic heterocycles. The molecule has 0 spiro atoms. The quantitative estimate of drug-likeness (QED) is 0.546. The fourth-order valence-corrected chi connectivity index (χ4v) is 4.00. The Morgan fingerprint density at radius 1 is 0.867 bits per heavy atom. The van der Waals surface area contributed by atoms with Crippen LogP contribution in [0.3, 0.4) is 0 Å². The van der Waals surface area contributed by atoms with Crippen LogP contribution in [-0.4, -0.2) is 28.6 Å². The second kappa shape index (κ2) is 8.87. The minimum Gasteiger partial charge on any atom is -0.497 e. The van der Waals surface area contributed by atoms with Crippen molar-refractivity contribution in [3.8, 4) is 5.75 Å². The van der Waals surface area contributed by atoms with Gasteiger partial charge in [0, 0.05) is 11.4 Å². The molecule has 0 bridgehead atoms. The van der Waals surface area contributed by atoms with Crippen molar-refractivity contribution in [2.24, 2.45) is 0 Å². The number of anilines is 3. The molecular formula is C22H22N2O5S. The predicted molar refractivity (Wildman–Crippen MR) is 116 cm³/mol. The van der Waals surface area contributed by atoms with Gasteiger partial charge < -0.3 is 14.8 Å². The van der Waals surface area contributed by atoms with Gasteiger partial charge in [-0.3, -0.25) is 4.72 Å². The molecule has 0 atom stereocenters. The number of ether oxygens (including phenoxy) is 2. The van der Waals surface area contributed by atoms with Crippen molar-refractivity contribution in [1.29, 1.82) is 0 Å². The minimum atomic E-state index is -4.00. The fraction of sp³-hybridized carbons (Fsp3) is 0.136. The Morgan fingerprint density at radius 2 is 1.50 bits per heavy atom. The molecule has 0 aliphatic heterocycles. The molecule has 0 saturated carbocycles. The van der Waals surface area contributed by atoms with Crippen LogP contribution in [0.5, 0.6) is 5.75 Å². The highest BCUT2D eigenvalue weighted by atomic mass is 32.2. The largest absolute Gasteiger partial charge is 0.497 e. The molecule has 0 radical (unpaired) electrons. The van der Waals surface area contributed by atoms with Gasteiger partial charge >= 0.3 is 5.97 Å². The molecule has 0 aliphatic rings. The topological polar surface area (TPSA) is 93.7 Å². The molecule has 7 nitrogen and oxygen atoms in total. The van der Waals surface area contributed by atoms with Crippen LogP contribution in [-0.2, 0) is 14.8 Å². The monoisotopic (exact) mass is 426 g/mol. The average Bonchev–Trinajstić information content (AvgIpc) is 2.75. The summed E-state index contributed by atoms with van der Waals surface area (Å²) in [5, 5.41) is 3.08. The number of aryl methyl sites for hydroxylation is 1. The minimum absolute atomic E-state index is 0.0817. The van der Waals surface area contributed by atoms with Crippen molar-refractivity contribution in [3.63, 3.8) is 0 Å². The molecule has 0 unspecified atom stereocenters. The van der Waals surface area contributed by atoms with E-state index in [1.54, 1.807) is 55.6 Å². The van der Waals surface area contributed by atoms with Crippen LogP contribution in [0.25, 0.3) is 0 Å². The number of benzene rings is 3. The second-order valence-electron chi connectivity index (χ2n) is 6.53. The van der Waals surface area contributed by atoms with Crippen LogP contribution >= 0.6 is 0 Å². The van der Waals surface area contributed by atoms with Gasteiger partial charge in [-0.15, -0.1) is 0 Å². The molecule has 156 valence electrons. The van der Waals surface area contributed by atoms with Gasteiger partial charge in [0.2, 0.25) is 0 Å². The predicted octanol–water partition coefficient (Wildman–Crippen LogP) is 4.33. The molecule has 0 heterocycles. The van der Waals surface area contributed by atoms with Gasteiger partial charge in [-0.25, -0.2) is 13.2 Å². The first-order valence-corrected chi connectivity index (χ1v) is 10.5. The van der Waals surface area contributed by atoms with Gasteiger partial charge in [-0.1, -0.05) is 17.7 Å². The zero-order valence-corrected chi connectivity index (χ0v) is 17.6. The number of sulfonamides is 1. The summed E-state index contributed by atoms with van der Waals surface area (Å²) in [6.45, 7) is 1.91. The Labute approximate surface area is 175 Å². The summed E-state index contributed by atoms with van der Waals surface area (Å²) < 4.78 is 38.7. The van der Waals surface area contributed by atoms with Crippen LogP contribution < -0.4 is 14.8 Å². The normalized spacial score (nSPS) is 10.9. The molecule has 3 rings (SSSR count). The lowest BCUT2D eigenvalue weighted by atomic mass is 10.2. The van der Waals surface area contributed by atoms with E-state index >= 15 is 0 Å². The maximum atomic E-state index is 13.1. The highest BCUT2D eigenvalue weighted by Gasteiger charge is 2.22. The lowest BCUT2D eigenvalue weighted by Gasteiger charge is -2.15. The lowest BCUT2D eigenvalue weighted by Crippen LogP contribution is -2.16. The van der Waals surface area contributed by atoms with Gasteiger partial charge in [0.25, 0.3) is 10.0 Å². The standard InChI is InChI=1S/C22H22N2O5S/c1-15-4-7-18(8-5-15)24-30(26,27)21-14-16(22(25)29-3)6-13-20(21)23-17-9-11-19(28-2)12-10-17/h4-14,23-24H,1-3H3. The third-order valence-corrected chi connectivity index (χ3v) is 5.79. The van der Waals surface area contributed by atoms with Crippen LogP contribution in [0.15, 0.2) is 71.6 Å². The Hall–Kier alpha value is -3.52. The van der Waals surface area contributed by atoms with Crippen molar-refractivity contribution < 1.29 is 22.7 Å². The summed E-state index contributed by atoms with van der Waals surface area (Å²) in [7, 11) is -1.19. The molecular weight excluding hydrogens is 404 g/mol. The van der Waals surface area contributed by atoms with Crippen LogP contribution in [0.2, 0.25) is 0 Å². The maximum Gasteiger partial charge on any atom is 0.337 e. The number of methoxy groups -OCH3 is 2. The first-order chi connectivity index (χ1) is 14.3. The molecule has 3 aromatic rings. The number of esters is 1. The number of rotatable bonds is 7. The summed E-state index contributed by atoms with van der Waals surface area (Å²) in [6.07, 6.45) is 0. The Bertz CT molecular complexity index is 1140. The maximum absolute atomic E-state index is 13.1. The number of carbonyl (C=O) groups is 1. The summed E-state index contributed by atoms with van der Waals surface area (Å²) in [6, 6.07) is 18.3. The molecule has 2 N–H and O–H groups in total. The molecule has 0 aliphatic carbocycles. The summed E-state index contributed by atoms with van der Waals surface area (Å²) in [5.74, 6) is 0.0493. The van der Waals surface area contributed by atoms with Crippen molar-refractivity contribution in [2.75, 3.05) is 24.3 Å². The van der Waals surface area contributed by atoms with E-state index in [-0.39, 0.29) is 10.5 Å². The van der Waals surface area contributed by atoms with E-state index < -0.39 is 16.0 Å². The molecule has 8 heteroatoms. The third kappa shape index (κ3) is 4.90. The summed E-state index contributed by atoms with van der Waals surface area (Å²) >= 11 is 0. The van der Waals surface area contributed by atoms with Gasteiger partial charge in [0.15, 0.2) is 0 Å². The van der Waals surface area contributed by atoms with Gasteiger partial charge in [0.1, 0.15) is 10.6 Å². The SMILES string of the molecule is COC(=O)c1ccc(Nc2ccc(OC)cc2)c(S(=O)(=O)Nc2ccc(C)cc2)c1. The van der Waals surface area contributed by atoms with Gasteiger partial charge in [0.05, 0.1) is 25.5 Å². The van der Waals surface area contributed by atoms with Crippen LogP contribution in [0, 0.1) is 6.92 Å². The molecule has 30 heavy (non-hydrogen) atoms. The van der Waals surface area contributed by atoms with E-state index in [1.807, 2.05) is 6.92 Å². The van der Waals surface area contributed by atoms with Gasteiger partial charge in [-0.2, -0.15) is 0 Å². The number of hydrogen-bond donors (Lipinski definition) is 2. The van der Waals surface area contributed by atoms with E-state index in [1.165, 1.54) is 25.3 Å². The van der Waals surface area contributed by atoms with Gasteiger partial charge in [-0.05, 0) is 61.5 Å². The third-order valence-electron chi connectivity index (χ3n) is 4.37. The van der Waals surface area contributed by atoms with Crippen LogP contribution in [0.1, 0.15) is 15.9 Å². The fourth-order valence-electron chi connectivity index (χ4n) is 2.75. The van der Waals surface area contributed by atoms with Crippen molar-refractivity contribution >= 4 is 33.1 Å². The smallest absolute Gasteiger partial charge is 0.337 e. The summed E-state index contributed by atoms with van der Waals surface area (Å²) in [4.78, 5) is 11.9. The van der Waals surface area contributed by atoms with Crippen molar-refractivity contribution in [2.45, 2.75) is 11.8 Å². The Kier molecular flexibility index (Phi) is 6.27. The van der Waals surface area contributed by atoms with Crippen molar-refractivity contribution in [3.05, 3.63) is 77.9 Å². The zero-order valence-electron chi connectivity index (χ0n) is 16.8. The molecule has 0 amide bonds. The first-order valence-electron chi connectivity index (χ1n) is 9.05. The first kappa shape index (κ1) is 21.2. The summed E-state index contributed by atoms with van der Waals surface area (Å²) in [5.41, 5.74) is 2.52. The molecule has 3 aromatic carbocycles. The molecule has 0 fully saturated rings. The van der Waals surface area contributed by atoms with E-state index in [2.05, 4.69) is 10.0 Å². The van der Waals surface area contributed by atoms with Crippen LogP contribution in [0.4, 0.5) is 17.1 Å². The lowest BCUT2D eigenvalue weighted by molar-refractivity contribution is 0.0600. The Balaban J connectivity index is 2.01. The number of hydrogen-bond acceptors (Lipinski definition) is 6. The van der Waals surface area contributed by atoms with E-state index in [0.29, 0.717) is 22.8 Å².